The summed E-state index contributed by atoms with van der Waals surface area (Å²) in [4.78, 5) is 22.0. The zero-order chi connectivity index (χ0) is 14.0. The van der Waals surface area contributed by atoms with Crippen molar-refractivity contribution in [1.82, 2.24) is 0 Å². The molecule has 1 amide bonds. The molecule has 0 spiro atoms. The summed E-state index contributed by atoms with van der Waals surface area (Å²) in [5.41, 5.74) is 1.81. The molecule has 6 nitrogen and oxygen atoms in total. The number of hydrogen-bond donors (Lipinski definition) is 2. The van der Waals surface area contributed by atoms with Gasteiger partial charge in [0.25, 0.3) is 5.69 Å². The Hall–Kier alpha value is -1.76. The molecule has 2 N–H and O–H groups in total. The lowest BCUT2D eigenvalue weighted by molar-refractivity contribution is -0.384. The summed E-state index contributed by atoms with van der Waals surface area (Å²) in [5.74, 6) is 0.722. The van der Waals surface area contributed by atoms with Crippen LogP contribution in [0, 0.1) is 10.1 Å². The first-order chi connectivity index (χ1) is 9.01. The zero-order valence-electron chi connectivity index (χ0n) is 10.7. The van der Waals surface area contributed by atoms with Crippen molar-refractivity contribution >= 4 is 34.7 Å². The van der Waals surface area contributed by atoms with Crippen LogP contribution in [0.4, 0.5) is 17.1 Å². The molecule has 0 bridgehead atoms. The number of thioether (sulfide) groups is 1. The maximum Gasteiger partial charge on any atom is 0.292 e. The van der Waals surface area contributed by atoms with Crippen molar-refractivity contribution in [3.63, 3.8) is 0 Å². The van der Waals surface area contributed by atoms with Gasteiger partial charge in [-0.1, -0.05) is 0 Å². The Morgan fingerprint density at radius 3 is 2.95 bits per heavy atom. The fourth-order valence-corrected chi connectivity index (χ4v) is 2.67. The predicted molar refractivity (Wildman–Crippen MR) is 76.9 cm³/mol. The molecule has 1 aromatic rings. The molecule has 0 radical (unpaired) electrons. The smallest absolute Gasteiger partial charge is 0.292 e. The quantitative estimate of drug-likeness (QED) is 0.639. The molecular formula is C12H15N3O3S. The van der Waals surface area contributed by atoms with Crippen LogP contribution in [-0.4, -0.2) is 28.9 Å². The van der Waals surface area contributed by atoms with Gasteiger partial charge in [0.15, 0.2) is 0 Å². The fourth-order valence-electron chi connectivity index (χ4n) is 2.09. The highest BCUT2D eigenvalue weighted by Crippen LogP contribution is 2.34. The van der Waals surface area contributed by atoms with E-state index in [1.807, 2.05) is 13.2 Å². The summed E-state index contributed by atoms with van der Waals surface area (Å²) in [7, 11) is 0. The molecule has 0 fully saturated rings. The highest BCUT2D eigenvalue weighted by atomic mass is 32.2. The van der Waals surface area contributed by atoms with Gasteiger partial charge < -0.3 is 10.6 Å². The molecule has 1 unspecified atom stereocenters. The third-order valence-electron chi connectivity index (χ3n) is 2.86. The molecule has 1 atom stereocenters. The fraction of sp³-hybridized carbons (Fsp3) is 0.417. The number of anilines is 2. The monoisotopic (exact) mass is 281 g/mol. The zero-order valence-corrected chi connectivity index (χ0v) is 11.5. The van der Waals surface area contributed by atoms with Gasteiger partial charge in [0, 0.05) is 23.5 Å². The lowest BCUT2D eigenvalue weighted by Crippen LogP contribution is -2.18. The van der Waals surface area contributed by atoms with Crippen molar-refractivity contribution in [2.75, 3.05) is 22.6 Å². The third-order valence-corrected chi connectivity index (χ3v) is 3.70. The van der Waals surface area contributed by atoms with E-state index in [0.29, 0.717) is 16.9 Å². The largest absolute Gasteiger partial charge is 0.376 e. The summed E-state index contributed by atoms with van der Waals surface area (Å²) in [6.45, 7) is 1.96. The van der Waals surface area contributed by atoms with Crippen LogP contribution in [-0.2, 0) is 11.2 Å². The molecular weight excluding hydrogens is 266 g/mol. The number of fused-ring (bicyclic) bond motifs is 1. The second-order valence-corrected chi connectivity index (χ2v) is 5.42. The number of amides is 1. The Morgan fingerprint density at radius 1 is 1.58 bits per heavy atom. The number of carbonyl (C=O) groups excluding carboxylic acids is 1. The number of nitro groups is 1. The Balaban J connectivity index is 2.33. The van der Waals surface area contributed by atoms with E-state index < -0.39 is 4.92 Å². The molecule has 0 aliphatic carbocycles. The molecule has 2 rings (SSSR count). The second kappa shape index (κ2) is 5.48. The lowest BCUT2D eigenvalue weighted by atomic mass is 10.1. The molecule has 0 aromatic heterocycles. The van der Waals surface area contributed by atoms with Gasteiger partial charge in [0.1, 0.15) is 5.69 Å². The van der Waals surface area contributed by atoms with Crippen molar-refractivity contribution in [3.8, 4) is 0 Å². The van der Waals surface area contributed by atoms with Gasteiger partial charge in [0.05, 0.1) is 11.3 Å². The van der Waals surface area contributed by atoms with E-state index in [2.05, 4.69) is 10.6 Å². The van der Waals surface area contributed by atoms with E-state index in [0.717, 1.165) is 5.75 Å². The van der Waals surface area contributed by atoms with Gasteiger partial charge >= 0.3 is 0 Å². The molecule has 1 aliphatic heterocycles. The van der Waals surface area contributed by atoms with E-state index in [1.165, 1.54) is 6.07 Å². The average molecular weight is 281 g/mol. The Kier molecular flexibility index (Phi) is 3.94. The van der Waals surface area contributed by atoms with Crippen molar-refractivity contribution in [3.05, 3.63) is 27.8 Å². The number of nitrogens with zero attached hydrogens (tertiary/aromatic N) is 1. The summed E-state index contributed by atoms with van der Waals surface area (Å²) in [5, 5.41) is 16.9. The standard InChI is InChI=1S/C12H15N3O3S/c1-7(6-19-2)13-10-5-9-8(4-12(16)14-9)3-11(10)15(17)18/h3,5,7,13H,4,6H2,1-2H3,(H,14,16). The first-order valence-electron chi connectivity index (χ1n) is 5.88. The SMILES string of the molecule is CSCC(C)Nc1cc2c(cc1[N+](=O)[O-])CC(=O)N2. The molecule has 1 aromatic carbocycles. The van der Waals surface area contributed by atoms with Crippen molar-refractivity contribution in [1.29, 1.82) is 0 Å². The highest BCUT2D eigenvalue weighted by molar-refractivity contribution is 7.98. The van der Waals surface area contributed by atoms with E-state index >= 15 is 0 Å². The van der Waals surface area contributed by atoms with Crippen LogP contribution in [0.25, 0.3) is 0 Å². The van der Waals surface area contributed by atoms with Crippen LogP contribution < -0.4 is 10.6 Å². The summed E-state index contributed by atoms with van der Waals surface area (Å²) in [6.07, 6.45) is 2.19. The van der Waals surface area contributed by atoms with Gasteiger partial charge in [0.2, 0.25) is 5.91 Å². The number of benzene rings is 1. The topological polar surface area (TPSA) is 84.3 Å². The van der Waals surface area contributed by atoms with Crippen LogP contribution in [0.2, 0.25) is 0 Å². The maximum atomic E-state index is 11.3. The maximum absolute atomic E-state index is 11.3. The van der Waals surface area contributed by atoms with Gasteiger partial charge in [-0.15, -0.1) is 0 Å². The number of rotatable bonds is 5. The first kappa shape index (κ1) is 13.7. The number of hydrogen-bond acceptors (Lipinski definition) is 5. The average Bonchev–Trinajstić information content (AvgIpc) is 2.67. The van der Waals surface area contributed by atoms with Crippen LogP contribution in [0.1, 0.15) is 12.5 Å². The Morgan fingerprint density at radius 2 is 2.32 bits per heavy atom. The van der Waals surface area contributed by atoms with Gasteiger partial charge in [-0.3, -0.25) is 14.9 Å². The van der Waals surface area contributed by atoms with Crippen LogP contribution >= 0.6 is 11.8 Å². The molecule has 1 aliphatic rings. The molecule has 0 saturated heterocycles. The van der Waals surface area contributed by atoms with Gasteiger partial charge in [-0.2, -0.15) is 11.8 Å². The Labute approximate surface area is 115 Å². The molecule has 7 heteroatoms. The minimum absolute atomic E-state index is 0.0169. The van der Waals surface area contributed by atoms with E-state index in [4.69, 9.17) is 0 Å². The highest BCUT2D eigenvalue weighted by Gasteiger charge is 2.25. The number of carbonyl (C=O) groups is 1. The minimum Gasteiger partial charge on any atom is -0.376 e. The molecule has 102 valence electrons. The minimum atomic E-state index is -0.419. The van der Waals surface area contributed by atoms with Gasteiger partial charge in [-0.05, 0) is 24.8 Å². The number of nitro benzene ring substituents is 1. The summed E-state index contributed by atoms with van der Waals surface area (Å²) in [6, 6.07) is 3.24. The van der Waals surface area contributed by atoms with E-state index in [1.54, 1.807) is 17.8 Å². The summed E-state index contributed by atoms with van der Waals surface area (Å²) >= 11 is 1.67. The predicted octanol–water partition coefficient (Wildman–Crippen LogP) is 2.25. The molecule has 0 saturated carbocycles. The van der Waals surface area contributed by atoms with E-state index in [-0.39, 0.29) is 24.1 Å². The normalized spacial score (nSPS) is 14.7. The van der Waals surface area contributed by atoms with E-state index in [9.17, 15) is 14.9 Å². The van der Waals surface area contributed by atoms with Crippen LogP contribution in [0.3, 0.4) is 0 Å². The van der Waals surface area contributed by atoms with Crippen LogP contribution in [0.5, 0.6) is 0 Å². The number of nitrogens with one attached hydrogen (secondary N) is 2. The first-order valence-corrected chi connectivity index (χ1v) is 7.27. The van der Waals surface area contributed by atoms with Gasteiger partial charge in [-0.25, -0.2) is 0 Å². The van der Waals surface area contributed by atoms with Crippen molar-refractivity contribution in [2.45, 2.75) is 19.4 Å². The van der Waals surface area contributed by atoms with Crippen molar-refractivity contribution in [2.24, 2.45) is 0 Å². The molecule has 19 heavy (non-hydrogen) atoms. The molecule has 1 heterocycles. The third kappa shape index (κ3) is 2.98. The van der Waals surface area contributed by atoms with Crippen molar-refractivity contribution < 1.29 is 9.72 Å². The van der Waals surface area contributed by atoms with Crippen LogP contribution in [0.15, 0.2) is 12.1 Å². The lowest BCUT2D eigenvalue weighted by Gasteiger charge is -2.15. The summed E-state index contributed by atoms with van der Waals surface area (Å²) < 4.78 is 0. The Bertz CT molecular complexity index is 533. The second-order valence-electron chi connectivity index (χ2n) is 4.51.